The van der Waals surface area contributed by atoms with Crippen molar-refractivity contribution in [2.24, 2.45) is 5.41 Å². The van der Waals surface area contributed by atoms with E-state index in [1.807, 2.05) is 20.8 Å². The normalized spacial score (nSPS) is 11.0. The number of ether oxygens (including phenoxy) is 1. The Morgan fingerprint density at radius 2 is 1.83 bits per heavy atom. The van der Waals surface area contributed by atoms with Gasteiger partial charge in [0.25, 0.3) is 0 Å². The van der Waals surface area contributed by atoms with Gasteiger partial charge in [0.2, 0.25) is 11.8 Å². The van der Waals surface area contributed by atoms with Crippen molar-refractivity contribution in [2.75, 3.05) is 26.7 Å². The van der Waals surface area contributed by atoms with E-state index in [9.17, 15) is 14.0 Å². The highest BCUT2D eigenvalue weighted by atomic mass is 19.1. The molecule has 0 aliphatic heterocycles. The van der Waals surface area contributed by atoms with E-state index in [1.54, 1.807) is 24.1 Å². The Balaban J connectivity index is 2.18. The first kappa shape index (κ1) is 19.9. The Morgan fingerprint density at radius 1 is 1.21 bits per heavy atom. The number of amides is 2. The van der Waals surface area contributed by atoms with Crippen molar-refractivity contribution >= 4 is 11.8 Å². The molecule has 0 fully saturated rings. The molecule has 0 aromatic heterocycles. The van der Waals surface area contributed by atoms with Crippen molar-refractivity contribution in [2.45, 2.75) is 33.6 Å². The standard InChI is InChI=1S/C18H27FN2O3/c1-18(2,3)17(23)20-11-5-6-16(22)21(4)12-13-24-15-9-7-14(19)8-10-15/h7-10H,5-6,11-13H2,1-4H3,(H,20,23). The van der Waals surface area contributed by atoms with Crippen LogP contribution in [0.4, 0.5) is 4.39 Å². The van der Waals surface area contributed by atoms with Gasteiger partial charge in [-0.1, -0.05) is 20.8 Å². The van der Waals surface area contributed by atoms with Crippen LogP contribution in [0.5, 0.6) is 5.75 Å². The fourth-order valence-electron chi connectivity index (χ4n) is 1.85. The summed E-state index contributed by atoms with van der Waals surface area (Å²) < 4.78 is 18.2. The van der Waals surface area contributed by atoms with Gasteiger partial charge in [-0.15, -0.1) is 0 Å². The minimum Gasteiger partial charge on any atom is -0.492 e. The average molecular weight is 338 g/mol. The molecule has 1 rings (SSSR count). The van der Waals surface area contributed by atoms with E-state index in [0.29, 0.717) is 38.3 Å². The first-order valence-corrected chi connectivity index (χ1v) is 8.11. The SMILES string of the molecule is CN(CCOc1ccc(F)cc1)C(=O)CCCNC(=O)C(C)(C)C. The van der Waals surface area contributed by atoms with Crippen molar-refractivity contribution in [1.82, 2.24) is 10.2 Å². The molecule has 0 bridgehead atoms. The summed E-state index contributed by atoms with van der Waals surface area (Å²) in [5.74, 6) is 0.244. The van der Waals surface area contributed by atoms with E-state index in [0.717, 1.165) is 0 Å². The van der Waals surface area contributed by atoms with E-state index in [2.05, 4.69) is 5.32 Å². The van der Waals surface area contributed by atoms with Crippen LogP contribution in [-0.4, -0.2) is 43.5 Å². The maximum absolute atomic E-state index is 12.8. The molecule has 0 spiro atoms. The molecule has 0 radical (unpaired) electrons. The number of halogens is 1. The van der Waals surface area contributed by atoms with E-state index in [1.165, 1.54) is 12.1 Å². The van der Waals surface area contributed by atoms with Crippen molar-refractivity contribution in [3.63, 3.8) is 0 Å². The number of rotatable bonds is 8. The third kappa shape index (κ3) is 7.44. The van der Waals surface area contributed by atoms with Crippen molar-refractivity contribution < 1.29 is 18.7 Å². The van der Waals surface area contributed by atoms with Gasteiger partial charge in [-0.2, -0.15) is 0 Å². The lowest BCUT2D eigenvalue weighted by Gasteiger charge is -2.19. The van der Waals surface area contributed by atoms with Crippen molar-refractivity contribution in [3.05, 3.63) is 30.1 Å². The van der Waals surface area contributed by atoms with Gasteiger partial charge in [0.05, 0.1) is 6.54 Å². The Kier molecular flexibility index (Phi) is 7.68. The second-order valence-corrected chi connectivity index (χ2v) is 6.73. The monoisotopic (exact) mass is 338 g/mol. The summed E-state index contributed by atoms with van der Waals surface area (Å²) in [6, 6.07) is 5.76. The van der Waals surface area contributed by atoms with Crippen LogP contribution < -0.4 is 10.1 Å². The zero-order valence-corrected chi connectivity index (χ0v) is 14.9. The third-order valence-electron chi connectivity index (χ3n) is 3.47. The Morgan fingerprint density at radius 3 is 2.42 bits per heavy atom. The summed E-state index contributed by atoms with van der Waals surface area (Å²) >= 11 is 0. The molecule has 0 saturated carbocycles. The van der Waals surface area contributed by atoms with Crippen LogP contribution in [0.25, 0.3) is 0 Å². The molecule has 1 aromatic rings. The number of carbonyl (C=O) groups excluding carboxylic acids is 2. The first-order valence-electron chi connectivity index (χ1n) is 8.11. The van der Waals surface area contributed by atoms with Gasteiger partial charge in [0, 0.05) is 25.4 Å². The average Bonchev–Trinajstić information content (AvgIpc) is 2.51. The molecular formula is C18H27FN2O3. The fourth-order valence-corrected chi connectivity index (χ4v) is 1.85. The summed E-state index contributed by atoms with van der Waals surface area (Å²) in [6.45, 7) is 6.83. The smallest absolute Gasteiger partial charge is 0.225 e. The summed E-state index contributed by atoms with van der Waals surface area (Å²) in [5, 5.41) is 2.82. The topological polar surface area (TPSA) is 58.6 Å². The number of carbonyl (C=O) groups is 2. The van der Waals surface area contributed by atoms with Gasteiger partial charge in [0.15, 0.2) is 0 Å². The largest absolute Gasteiger partial charge is 0.492 e. The molecule has 24 heavy (non-hydrogen) atoms. The van der Waals surface area contributed by atoms with Crippen molar-refractivity contribution in [1.29, 1.82) is 0 Å². The van der Waals surface area contributed by atoms with Crippen LogP contribution in [-0.2, 0) is 9.59 Å². The maximum Gasteiger partial charge on any atom is 0.225 e. The summed E-state index contributed by atoms with van der Waals surface area (Å²) in [6.07, 6.45) is 0.973. The number of hydrogen-bond acceptors (Lipinski definition) is 3. The van der Waals surface area contributed by atoms with Gasteiger partial charge in [-0.05, 0) is 30.7 Å². The van der Waals surface area contributed by atoms with E-state index in [-0.39, 0.29) is 17.6 Å². The van der Waals surface area contributed by atoms with Crippen LogP contribution >= 0.6 is 0 Å². The first-order chi connectivity index (χ1) is 11.2. The van der Waals surface area contributed by atoms with Gasteiger partial charge < -0.3 is 15.0 Å². The van der Waals surface area contributed by atoms with Crippen LogP contribution in [0.15, 0.2) is 24.3 Å². The molecule has 2 amide bonds. The molecule has 0 aliphatic rings. The number of hydrogen-bond donors (Lipinski definition) is 1. The highest BCUT2D eigenvalue weighted by Crippen LogP contribution is 2.12. The van der Waals surface area contributed by atoms with Gasteiger partial charge in [0.1, 0.15) is 18.2 Å². The Bertz CT molecular complexity index is 538. The molecule has 1 N–H and O–H groups in total. The lowest BCUT2D eigenvalue weighted by molar-refractivity contribution is -0.131. The minimum absolute atomic E-state index is 0.00251. The van der Waals surface area contributed by atoms with Gasteiger partial charge in [-0.25, -0.2) is 4.39 Å². The maximum atomic E-state index is 12.8. The molecule has 0 aliphatic carbocycles. The van der Waals surface area contributed by atoms with Crippen LogP contribution in [0.2, 0.25) is 0 Å². The fraction of sp³-hybridized carbons (Fsp3) is 0.556. The highest BCUT2D eigenvalue weighted by molar-refractivity contribution is 5.81. The molecule has 5 nitrogen and oxygen atoms in total. The van der Waals surface area contributed by atoms with E-state index in [4.69, 9.17) is 4.74 Å². The zero-order chi connectivity index (χ0) is 18.2. The van der Waals surface area contributed by atoms with E-state index >= 15 is 0 Å². The number of benzene rings is 1. The zero-order valence-electron chi connectivity index (χ0n) is 14.9. The number of likely N-dealkylation sites (N-methyl/N-ethyl adjacent to an activating group) is 1. The molecule has 0 unspecified atom stereocenters. The molecule has 0 saturated heterocycles. The molecule has 0 heterocycles. The van der Waals surface area contributed by atoms with E-state index < -0.39 is 5.41 Å². The molecule has 0 atom stereocenters. The predicted octanol–water partition coefficient (Wildman–Crippen LogP) is 2.61. The molecule has 134 valence electrons. The summed E-state index contributed by atoms with van der Waals surface area (Å²) in [5.41, 5.74) is -0.418. The highest BCUT2D eigenvalue weighted by Gasteiger charge is 2.20. The Hall–Kier alpha value is -2.11. The van der Waals surface area contributed by atoms with Gasteiger partial charge in [-0.3, -0.25) is 9.59 Å². The van der Waals surface area contributed by atoms with Gasteiger partial charge >= 0.3 is 0 Å². The van der Waals surface area contributed by atoms with Crippen molar-refractivity contribution in [3.8, 4) is 5.75 Å². The second kappa shape index (κ2) is 9.25. The van der Waals surface area contributed by atoms with Crippen LogP contribution in [0.1, 0.15) is 33.6 Å². The lowest BCUT2D eigenvalue weighted by Crippen LogP contribution is -2.36. The predicted molar refractivity (Wildman–Crippen MR) is 91.2 cm³/mol. The quantitative estimate of drug-likeness (QED) is 0.741. The lowest BCUT2D eigenvalue weighted by atomic mass is 9.96. The molecule has 1 aromatic carbocycles. The summed E-state index contributed by atoms with van der Waals surface area (Å²) in [7, 11) is 1.71. The van der Waals surface area contributed by atoms with Crippen LogP contribution in [0.3, 0.4) is 0 Å². The Labute approximate surface area is 143 Å². The summed E-state index contributed by atoms with van der Waals surface area (Å²) in [4.78, 5) is 25.3. The molecular weight excluding hydrogens is 311 g/mol. The van der Waals surface area contributed by atoms with Crippen LogP contribution in [0, 0.1) is 11.2 Å². The third-order valence-corrected chi connectivity index (χ3v) is 3.47. The second-order valence-electron chi connectivity index (χ2n) is 6.73. The molecule has 6 heteroatoms. The number of nitrogens with one attached hydrogen (secondary N) is 1. The minimum atomic E-state index is -0.418. The number of nitrogens with zero attached hydrogens (tertiary/aromatic N) is 1.